The van der Waals surface area contributed by atoms with Crippen molar-refractivity contribution in [1.82, 2.24) is 29.9 Å². The number of amides is 1. The van der Waals surface area contributed by atoms with Crippen LogP contribution in [-0.4, -0.2) is 30.5 Å². The smallest absolute Gasteiger partial charge is 0.252 e. The quantitative estimate of drug-likeness (QED) is 0.532. The van der Waals surface area contributed by atoms with Crippen LogP contribution < -0.4 is 5.32 Å². The van der Waals surface area contributed by atoms with Crippen LogP contribution in [0.4, 0.5) is 0 Å². The van der Waals surface area contributed by atoms with Gasteiger partial charge in [-0.1, -0.05) is 30.3 Å². The van der Waals surface area contributed by atoms with E-state index >= 15 is 0 Å². The van der Waals surface area contributed by atoms with Crippen LogP contribution in [0, 0.1) is 13.8 Å². The molecule has 0 fully saturated rings. The molecule has 0 aliphatic carbocycles. The highest BCUT2D eigenvalue weighted by Crippen LogP contribution is 2.24. The van der Waals surface area contributed by atoms with Gasteiger partial charge in [-0.05, 0) is 45.4 Å². The third-order valence-electron chi connectivity index (χ3n) is 5.27. The summed E-state index contributed by atoms with van der Waals surface area (Å²) < 4.78 is 3.76. The van der Waals surface area contributed by atoms with Crippen LogP contribution in [-0.2, 0) is 13.1 Å². The minimum absolute atomic E-state index is 0.135. The molecule has 0 spiro atoms. The average Bonchev–Trinajstić information content (AvgIpc) is 3.33. The molecule has 0 saturated heterocycles. The van der Waals surface area contributed by atoms with Crippen molar-refractivity contribution in [3.8, 4) is 0 Å². The molecular weight excluding hydrogens is 376 g/mol. The van der Waals surface area contributed by atoms with Gasteiger partial charge in [0.05, 0.1) is 34.9 Å². The summed E-state index contributed by atoms with van der Waals surface area (Å²) in [5, 5.41) is 12.9. The summed E-state index contributed by atoms with van der Waals surface area (Å²) in [5.74, 6) is -0.135. The van der Waals surface area contributed by atoms with E-state index < -0.39 is 0 Å². The number of pyridine rings is 1. The molecule has 0 aliphatic heterocycles. The van der Waals surface area contributed by atoms with Crippen LogP contribution in [0.3, 0.4) is 0 Å². The van der Waals surface area contributed by atoms with Crippen molar-refractivity contribution in [3.63, 3.8) is 0 Å². The number of carbonyl (C=O) groups excluding carboxylic acids is 1. The fourth-order valence-electron chi connectivity index (χ4n) is 3.85. The Morgan fingerprint density at radius 3 is 2.63 bits per heavy atom. The number of fused-ring (bicyclic) bond motifs is 1. The number of nitrogens with one attached hydrogen (secondary N) is 1. The van der Waals surface area contributed by atoms with Gasteiger partial charge in [0.1, 0.15) is 0 Å². The standard InChI is InChI=1S/C23H26N6O/c1-5-28-20(11-12-24-28)16(3)26-23(30)19-13-15(2)25-22-21(19)17(4)27-29(22)14-18-9-7-6-8-10-18/h6-13,16H,5,14H2,1-4H3,(H,26,30)/t16-/m0/s1. The normalized spacial score (nSPS) is 12.3. The Morgan fingerprint density at radius 2 is 1.90 bits per heavy atom. The summed E-state index contributed by atoms with van der Waals surface area (Å²) in [6, 6.07) is 13.7. The van der Waals surface area contributed by atoms with Crippen molar-refractivity contribution in [2.24, 2.45) is 0 Å². The van der Waals surface area contributed by atoms with Crippen LogP contribution in [0.5, 0.6) is 0 Å². The Bertz CT molecular complexity index is 1190. The van der Waals surface area contributed by atoms with Gasteiger partial charge in [-0.3, -0.25) is 9.48 Å². The number of hydrogen-bond donors (Lipinski definition) is 1. The van der Waals surface area contributed by atoms with Crippen LogP contribution in [0.2, 0.25) is 0 Å². The van der Waals surface area contributed by atoms with E-state index in [0.29, 0.717) is 12.1 Å². The van der Waals surface area contributed by atoms with Gasteiger partial charge in [-0.25, -0.2) is 9.67 Å². The monoisotopic (exact) mass is 402 g/mol. The first-order valence-electron chi connectivity index (χ1n) is 10.2. The van der Waals surface area contributed by atoms with Gasteiger partial charge >= 0.3 is 0 Å². The predicted octanol–water partition coefficient (Wildman–Crippen LogP) is 3.80. The Hall–Kier alpha value is -3.48. The Balaban J connectivity index is 1.69. The summed E-state index contributed by atoms with van der Waals surface area (Å²) in [4.78, 5) is 17.9. The van der Waals surface area contributed by atoms with Gasteiger partial charge < -0.3 is 5.32 Å². The molecule has 1 N–H and O–H groups in total. The van der Waals surface area contributed by atoms with Crippen molar-refractivity contribution >= 4 is 16.9 Å². The van der Waals surface area contributed by atoms with Crippen molar-refractivity contribution in [1.29, 1.82) is 0 Å². The zero-order chi connectivity index (χ0) is 21.3. The van der Waals surface area contributed by atoms with Crippen molar-refractivity contribution < 1.29 is 4.79 Å². The molecule has 0 bridgehead atoms. The molecule has 30 heavy (non-hydrogen) atoms. The van der Waals surface area contributed by atoms with Crippen LogP contribution in [0.25, 0.3) is 11.0 Å². The van der Waals surface area contributed by atoms with Gasteiger partial charge in [0.15, 0.2) is 5.65 Å². The maximum absolute atomic E-state index is 13.2. The summed E-state index contributed by atoms with van der Waals surface area (Å²) >= 11 is 0. The fraction of sp³-hybridized carbons (Fsp3) is 0.304. The lowest BCUT2D eigenvalue weighted by atomic mass is 10.1. The molecule has 0 saturated carbocycles. The zero-order valence-corrected chi connectivity index (χ0v) is 17.8. The minimum atomic E-state index is -0.164. The second-order valence-electron chi connectivity index (χ2n) is 7.51. The predicted molar refractivity (Wildman–Crippen MR) is 116 cm³/mol. The molecule has 7 nitrogen and oxygen atoms in total. The Kier molecular flexibility index (Phi) is 5.35. The number of carbonyl (C=O) groups is 1. The first kappa shape index (κ1) is 19.8. The lowest BCUT2D eigenvalue weighted by Crippen LogP contribution is -2.28. The number of aryl methyl sites for hydroxylation is 3. The number of aromatic nitrogens is 5. The van der Waals surface area contributed by atoms with E-state index in [-0.39, 0.29) is 11.9 Å². The third-order valence-corrected chi connectivity index (χ3v) is 5.27. The Labute approximate surface area is 175 Å². The molecule has 1 amide bonds. The van der Waals surface area contributed by atoms with Crippen LogP contribution in [0.15, 0.2) is 48.7 Å². The molecule has 0 aliphatic rings. The molecule has 7 heteroatoms. The molecule has 4 rings (SSSR count). The number of benzene rings is 1. The average molecular weight is 403 g/mol. The first-order chi connectivity index (χ1) is 14.5. The van der Waals surface area contributed by atoms with Gasteiger partial charge in [0.2, 0.25) is 0 Å². The minimum Gasteiger partial charge on any atom is -0.344 e. The SMILES string of the molecule is CCn1nccc1[C@H](C)NC(=O)c1cc(C)nc2c1c(C)nn2Cc1ccccc1. The van der Waals surface area contributed by atoms with Crippen molar-refractivity contribution in [3.05, 3.63) is 76.9 Å². The van der Waals surface area contributed by atoms with Gasteiger partial charge in [-0.2, -0.15) is 10.2 Å². The highest BCUT2D eigenvalue weighted by molar-refractivity contribution is 6.06. The van der Waals surface area contributed by atoms with E-state index in [2.05, 4.69) is 27.6 Å². The molecule has 0 radical (unpaired) electrons. The van der Waals surface area contributed by atoms with Crippen LogP contribution in [0.1, 0.15) is 52.9 Å². The lowest BCUT2D eigenvalue weighted by Gasteiger charge is -2.16. The fourth-order valence-corrected chi connectivity index (χ4v) is 3.85. The second kappa shape index (κ2) is 8.10. The largest absolute Gasteiger partial charge is 0.344 e. The zero-order valence-electron chi connectivity index (χ0n) is 17.8. The number of rotatable bonds is 6. The molecule has 154 valence electrons. The van der Waals surface area contributed by atoms with E-state index in [1.807, 2.05) is 67.4 Å². The summed E-state index contributed by atoms with van der Waals surface area (Å²) in [6.45, 7) is 9.19. The topological polar surface area (TPSA) is 77.6 Å². The number of nitrogens with zero attached hydrogens (tertiary/aromatic N) is 5. The van der Waals surface area contributed by atoms with E-state index in [9.17, 15) is 4.79 Å². The molecule has 1 aromatic carbocycles. The summed E-state index contributed by atoms with van der Waals surface area (Å²) in [5.41, 5.74) is 5.02. The Morgan fingerprint density at radius 1 is 1.13 bits per heavy atom. The lowest BCUT2D eigenvalue weighted by molar-refractivity contribution is 0.0939. The molecule has 0 unspecified atom stereocenters. The molecule has 4 aromatic rings. The maximum Gasteiger partial charge on any atom is 0.252 e. The van der Waals surface area contributed by atoms with Crippen LogP contribution >= 0.6 is 0 Å². The molecule has 1 atom stereocenters. The molecule has 3 aromatic heterocycles. The first-order valence-corrected chi connectivity index (χ1v) is 10.2. The van der Waals surface area contributed by atoms with E-state index in [4.69, 9.17) is 4.98 Å². The van der Waals surface area contributed by atoms with E-state index in [1.165, 1.54) is 0 Å². The highest BCUT2D eigenvalue weighted by Gasteiger charge is 2.21. The van der Waals surface area contributed by atoms with Gasteiger partial charge in [0.25, 0.3) is 5.91 Å². The number of hydrogen-bond acceptors (Lipinski definition) is 4. The third kappa shape index (κ3) is 3.70. The van der Waals surface area contributed by atoms with Gasteiger partial charge in [0, 0.05) is 18.4 Å². The van der Waals surface area contributed by atoms with Crippen molar-refractivity contribution in [2.45, 2.75) is 46.8 Å². The summed E-state index contributed by atoms with van der Waals surface area (Å²) in [7, 11) is 0. The molecular formula is C23H26N6O. The summed E-state index contributed by atoms with van der Waals surface area (Å²) in [6.07, 6.45) is 1.76. The van der Waals surface area contributed by atoms with E-state index in [0.717, 1.165) is 40.2 Å². The van der Waals surface area contributed by atoms with Crippen molar-refractivity contribution in [2.75, 3.05) is 0 Å². The second-order valence-corrected chi connectivity index (χ2v) is 7.51. The maximum atomic E-state index is 13.2. The van der Waals surface area contributed by atoms with E-state index in [1.54, 1.807) is 6.20 Å². The molecule has 3 heterocycles. The highest BCUT2D eigenvalue weighted by atomic mass is 16.1. The van der Waals surface area contributed by atoms with Gasteiger partial charge in [-0.15, -0.1) is 0 Å².